The highest BCUT2D eigenvalue weighted by atomic mass is 127. The molecule has 1 atom stereocenters. The van der Waals surface area contributed by atoms with Gasteiger partial charge in [-0.25, -0.2) is 0 Å². The molecular weight excluding hydrogens is 493 g/mol. The lowest BCUT2D eigenvalue weighted by Crippen LogP contribution is -2.44. The van der Waals surface area contributed by atoms with Crippen molar-refractivity contribution in [3.8, 4) is 11.5 Å². The summed E-state index contributed by atoms with van der Waals surface area (Å²) in [6.45, 7) is 5.91. The highest BCUT2D eigenvalue weighted by Crippen LogP contribution is 2.32. The van der Waals surface area contributed by atoms with Gasteiger partial charge in [-0.2, -0.15) is 8.78 Å². The number of nitrogens with zero attached hydrogens (tertiary/aromatic N) is 2. The molecule has 2 N–H and O–H groups in total. The molecule has 0 amide bonds. The molecule has 0 bridgehead atoms. The molecule has 1 fully saturated rings. The molecule has 1 aromatic rings. The van der Waals surface area contributed by atoms with E-state index in [0.717, 1.165) is 19.6 Å². The third-order valence-corrected chi connectivity index (χ3v) is 4.85. The van der Waals surface area contributed by atoms with Gasteiger partial charge in [-0.3, -0.25) is 4.99 Å². The monoisotopic (exact) mass is 526 g/mol. The fourth-order valence-corrected chi connectivity index (χ4v) is 3.44. The molecule has 9 heteroatoms. The van der Waals surface area contributed by atoms with E-state index >= 15 is 0 Å². The van der Waals surface area contributed by atoms with Gasteiger partial charge in [0, 0.05) is 32.2 Å². The Balaban J connectivity index is 0.00000420. The van der Waals surface area contributed by atoms with Crippen LogP contribution < -0.4 is 20.1 Å². The minimum Gasteiger partial charge on any atom is -0.490 e. The number of likely N-dealkylation sites (tertiary alicyclic amines) is 1. The Labute approximate surface area is 189 Å². The fraction of sp³-hybridized carbons (Fsp3) is 0.650. The van der Waals surface area contributed by atoms with Crippen molar-refractivity contribution in [2.24, 2.45) is 10.9 Å². The van der Waals surface area contributed by atoms with E-state index in [1.54, 1.807) is 32.2 Å². The average Bonchev–Trinajstić information content (AvgIpc) is 2.70. The van der Waals surface area contributed by atoms with Crippen molar-refractivity contribution in [3.05, 3.63) is 23.8 Å². The Kier molecular flexibility index (Phi) is 12.2. The summed E-state index contributed by atoms with van der Waals surface area (Å²) in [5.74, 6) is 1.59. The molecule has 0 spiro atoms. The maximum atomic E-state index is 12.8. The van der Waals surface area contributed by atoms with Crippen molar-refractivity contribution >= 4 is 29.9 Å². The van der Waals surface area contributed by atoms with Crippen molar-refractivity contribution in [3.63, 3.8) is 0 Å². The van der Waals surface area contributed by atoms with Gasteiger partial charge in [0.05, 0.1) is 6.61 Å². The first kappa shape index (κ1) is 25.7. The fourth-order valence-electron chi connectivity index (χ4n) is 3.44. The quantitative estimate of drug-likeness (QED) is 0.292. The maximum Gasteiger partial charge on any atom is 0.387 e. The number of benzene rings is 1. The summed E-state index contributed by atoms with van der Waals surface area (Å²) in [5, 5.41) is 6.52. The molecule has 1 heterocycles. The molecule has 0 aliphatic carbocycles. The standard InChI is InChI=1S/C20H32F2N4O2.HI/c1-4-26-11-7-8-15(14-26)12-24-20(23-3)25-13-16-9-6-10-17(27-5-2)18(16)28-19(21)22;/h6,9-10,15,19H,4-5,7-8,11-14H2,1-3H3,(H2,23,24,25);1H. The average molecular weight is 526 g/mol. The molecule has 6 nitrogen and oxygen atoms in total. The van der Waals surface area contributed by atoms with Crippen molar-refractivity contribution < 1.29 is 18.3 Å². The van der Waals surface area contributed by atoms with Gasteiger partial charge in [0.2, 0.25) is 0 Å². The van der Waals surface area contributed by atoms with Gasteiger partial charge in [-0.05, 0) is 44.8 Å². The van der Waals surface area contributed by atoms with Crippen molar-refractivity contribution in [2.45, 2.75) is 39.8 Å². The van der Waals surface area contributed by atoms with Crippen molar-refractivity contribution in [2.75, 3.05) is 39.8 Å². The third-order valence-electron chi connectivity index (χ3n) is 4.85. The van der Waals surface area contributed by atoms with E-state index in [4.69, 9.17) is 9.47 Å². The number of piperidine rings is 1. The van der Waals surface area contributed by atoms with E-state index in [0.29, 0.717) is 36.3 Å². The number of nitrogens with one attached hydrogen (secondary N) is 2. The Hall–Kier alpha value is -1.36. The van der Waals surface area contributed by atoms with Gasteiger partial charge >= 0.3 is 6.61 Å². The second kappa shape index (κ2) is 13.8. The van der Waals surface area contributed by atoms with Gasteiger partial charge in [0.25, 0.3) is 0 Å². The molecule has 1 saturated heterocycles. The summed E-state index contributed by atoms with van der Waals surface area (Å²) in [7, 11) is 1.70. The van der Waals surface area contributed by atoms with Crippen LogP contribution in [-0.2, 0) is 6.54 Å². The molecule has 166 valence electrons. The first-order chi connectivity index (χ1) is 13.6. The van der Waals surface area contributed by atoms with Gasteiger partial charge in [-0.15, -0.1) is 24.0 Å². The van der Waals surface area contributed by atoms with Gasteiger partial charge in [0.15, 0.2) is 17.5 Å². The number of ether oxygens (including phenoxy) is 2. The number of guanidine groups is 1. The van der Waals surface area contributed by atoms with Crippen molar-refractivity contribution in [1.82, 2.24) is 15.5 Å². The summed E-state index contributed by atoms with van der Waals surface area (Å²) in [4.78, 5) is 6.69. The largest absolute Gasteiger partial charge is 0.490 e. The van der Waals surface area contributed by atoms with Crippen LogP contribution in [0.4, 0.5) is 8.78 Å². The summed E-state index contributed by atoms with van der Waals surface area (Å²) < 4.78 is 35.8. The predicted molar refractivity (Wildman–Crippen MR) is 123 cm³/mol. The summed E-state index contributed by atoms with van der Waals surface area (Å²) in [6.07, 6.45) is 2.41. The highest BCUT2D eigenvalue weighted by molar-refractivity contribution is 14.0. The molecular formula is C20H33F2IN4O2. The summed E-state index contributed by atoms with van der Waals surface area (Å²) in [6, 6.07) is 5.12. The van der Waals surface area contributed by atoms with Crippen LogP contribution in [0.25, 0.3) is 0 Å². The normalized spacial score (nSPS) is 17.6. The van der Waals surface area contributed by atoms with Crippen LogP contribution in [-0.4, -0.2) is 57.3 Å². The zero-order chi connectivity index (χ0) is 20.4. The number of rotatable bonds is 9. The first-order valence-corrected chi connectivity index (χ1v) is 9.93. The molecule has 1 aliphatic rings. The predicted octanol–water partition coefficient (Wildman–Crippen LogP) is 3.70. The van der Waals surface area contributed by atoms with E-state index in [-0.39, 0.29) is 29.7 Å². The Bertz CT molecular complexity index is 634. The number of halogens is 3. The van der Waals surface area contributed by atoms with Crippen LogP contribution in [0.2, 0.25) is 0 Å². The smallest absolute Gasteiger partial charge is 0.387 e. The number of para-hydroxylation sites is 1. The Morgan fingerprint density at radius 1 is 1.31 bits per heavy atom. The maximum absolute atomic E-state index is 12.8. The molecule has 0 aromatic heterocycles. The van der Waals surface area contributed by atoms with Gasteiger partial charge < -0.3 is 25.0 Å². The van der Waals surface area contributed by atoms with Crippen LogP contribution in [0.5, 0.6) is 11.5 Å². The first-order valence-electron chi connectivity index (χ1n) is 9.93. The lowest BCUT2D eigenvalue weighted by Gasteiger charge is -2.32. The molecule has 1 unspecified atom stereocenters. The minimum absolute atomic E-state index is 0. The highest BCUT2D eigenvalue weighted by Gasteiger charge is 2.19. The SMILES string of the molecule is CCOc1cccc(CNC(=NC)NCC2CCCN(CC)C2)c1OC(F)F.I. The Morgan fingerprint density at radius 3 is 2.76 bits per heavy atom. The van der Waals surface area contributed by atoms with E-state index in [1.807, 2.05) is 0 Å². The molecule has 1 aliphatic heterocycles. The summed E-state index contributed by atoms with van der Waals surface area (Å²) >= 11 is 0. The van der Waals surface area contributed by atoms with Crippen LogP contribution in [0.3, 0.4) is 0 Å². The zero-order valence-corrected chi connectivity index (χ0v) is 19.7. The van der Waals surface area contributed by atoms with E-state index in [2.05, 4.69) is 27.4 Å². The van der Waals surface area contributed by atoms with E-state index < -0.39 is 6.61 Å². The van der Waals surface area contributed by atoms with Crippen molar-refractivity contribution in [1.29, 1.82) is 0 Å². The third kappa shape index (κ3) is 8.49. The summed E-state index contributed by atoms with van der Waals surface area (Å²) in [5.41, 5.74) is 0.587. The lowest BCUT2D eigenvalue weighted by molar-refractivity contribution is -0.0520. The zero-order valence-electron chi connectivity index (χ0n) is 17.4. The lowest BCUT2D eigenvalue weighted by atomic mass is 9.98. The minimum atomic E-state index is -2.91. The number of alkyl halides is 2. The van der Waals surface area contributed by atoms with Crippen LogP contribution in [0, 0.1) is 5.92 Å². The van der Waals surface area contributed by atoms with Crippen LogP contribution in [0.1, 0.15) is 32.3 Å². The second-order valence-corrected chi connectivity index (χ2v) is 6.76. The van der Waals surface area contributed by atoms with Crippen LogP contribution >= 0.6 is 24.0 Å². The molecule has 1 aromatic carbocycles. The number of hydrogen-bond acceptors (Lipinski definition) is 4. The Morgan fingerprint density at radius 2 is 2.10 bits per heavy atom. The molecule has 2 rings (SSSR count). The topological polar surface area (TPSA) is 58.1 Å². The molecule has 0 radical (unpaired) electrons. The van der Waals surface area contributed by atoms with E-state index in [9.17, 15) is 8.78 Å². The van der Waals surface area contributed by atoms with Gasteiger partial charge in [-0.1, -0.05) is 19.1 Å². The van der Waals surface area contributed by atoms with Crippen LogP contribution in [0.15, 0.2) is 23.2 Å². The van der Waals surface area contributed by atoms with E-state index in [1.165, 1.54) is 19.4 Å². The second-order valence-electron chi connectivity index (χ2n) is 6.76. The number of aliphatic imine (C=N–C) groups is 1. The van der Waals surface area contributed by atoms with Gasteiger partial charge in [0.1, 0.15) is 0 Å². The number of hydrogen-bond donors (Lipinski definition) is 2. The molecule has 29 heavy (non-hydrogen) atoms. The molecule has 0 saturated carbocycles.